The van der Waals surface area contributed by atoms with Crippen LogP contribution in [0.3, 0.4) is 0 Å². The Balaban J connectivity index is 1.44. The summed E-state index contributed by atoms with van der Waals surface area (Å²) < 4.78 is 0. The maximum Gasteiger partial charge on any atom is 0.0451 e. The Hall–Kier alpha value is -2.75. The van der Waals surface area contributed by atoms with Crippen molar-refractivity contribution >= 4 is 6.08 Å². The highest BCUT2D eigenvalue weighted by Crippen LogP contribution is 2.33. The summed E-state index contributed by atoms with van der Waals surface area (Å²) in [5.41, 5.74) is 13.2. The predicted octanol–water partition coefficient (Wildman–Crippen LogP) is 7.42. The molecule has 36 heavy (non-hydrogen) atoms. The molecule has 0 bridgehead atoms. The van der Waals surface area contributed by atoms with E-state index in [1.54, 1.807) is 5.57 Å². The van der Waals surface area contributed by atoms with Crippen LogP contribution in [0.25, 0.3) is 17.2 Å². The van der Waals surface area contributed by atoms with Gasteiger partial charge >= 0.3 is 0 Å². The van der Waals surface area contributed by atoms with Gasteiger partial charge in [-0.05, 0) is 119 Å². The van der Waals surface area contributed by atoms with Crippen molar-refractivity contribution in [1.29, 1.82) is 0 Å². The molecule has 0 atom stereocenters. The molecule has 1 aromatic carbocycles. The van der Waals surface area contributed by atoms with Gasteiger partial charge in [-0.2, -0.15) is 0 Å². The Morgan fingerprint density at radius 3 is 2.56 bits per heavy atom. The molecule has 0 saturated carbocycles. The summed E-state index contributed by atoms with van der Waals surface area (Å²) in [6, 6.07) is 8.97. The van der Waals surface area contributed by atoms with Crippen LogP contribution in [0.15, 0.2) is 71.5 Å². The van der Waals surface area contributed by atoms with E-state index in [2.05, 4.69) is 92.0 Å². The Morgan fingerprint density at radius 2 is 1.89 bits per heavy atom. The Bertz CT molecular complexity index is 1190. The number of hydrogen-bond acceptors (Lipinski definition) is 3. The van der Waals surface area contributed by atoms with Crippen LogP contribution >= 0.6 is 0 Å². The van der Waals surface area contributed by atoms with E-state index < -0.39 is 0 Å². The van der Waals surface area contributed by atoms with Crippen molar-refractivity contribution in [3.8, 4) is 11.1 Å². The topological polar surface area (TPSA) is 28.2 Å². The molecule has 1 aliphatic carbocycles. The highest BCUT2D eigenvalue weighted by molar-refractivity contribution is 5.77. The maximum absolute atomic E-state index is 4.63. The fourth-order valence-electron chi connectivity index (χ4n) is 5.69. The third-order valence-electron chi connectivity index (χ3n) is 7.92. The third kappa shape index (κ3) is 6.32. The first-order valence-electron chi connectivity index (χ1n) is 13.5. The fraction of sp³-hybridized carbons (Fsp3) is 0.424. The average molecular weight is 482 g/mol. The lowest BCUT2D eigenvalue weighted by molar-refractivity contribution is 0.211. The second-order valence-electron chi connectivity index (χ2n) is 10.8. The van der Waals surface area contributed by atoms with Crippen molar-refractivity contribution in [1.82, 2.24) is 15.2 Å². The minimum atomic E-state index is 0.744. The number of aryl methyl sites for hydroxylation is 2. The number of rotatable bonds is 8. The highest BCUT2D eigenvalue weighted by atomic mass is 15.1. The first kappa shape index (κ1) is 26.3. The van der Waals surface area contributed by atoms with Gasteiger partial charge in [-0.1, -0.05) is 53.7 Å². The molecule has 2 aromatic rings. The van der Waals surface area contributed by atoms with Crippen LogP contribution in [0, 0.1) is 19.8 Å². The minimum Gasteiger partial charge on any atom is -0.316 e. The fourth-order valence-corrected chi connectivity index (χ4v) is 5.69. The van der Waals surface area contributed by atoms with E-state index >= 15 is 0 Å². The third-order valence-corrected chi connectivity index (χ3v) is 7.92. The molecular formula is C33H43N3. The molecule has 3 heteroatoms. The van der Waals surface area contributed by atoms with E-state index in [9.17, 15) is 0 Å². The van der Waals surface area contributed by atoms with Gasteiger partial charge in [-0.15, -0.1) is 0 Å². The first-order chi connectivity index (χ1) is 17.4. The van der Waals surface area contributed by atoms with Crippen molar-refractivity contribution < 1.29 is 0 Å². The van der Waals surface area contributed by atoms with Crippen molar-refractivity contribution in [2.75, 3.05) is 26.7 Å². The molecular weight excluding hydrogens is 438 g/mol. The van der Waals surface area contributed by atoms with E-state index in [-0.39, 0.29) is 0 Å². The van der Waals surface area contributed by atoms with Gasteiger partial charge in [-0.3, -0.25) is 9.88 Å². The zero-order chi connectivity index (χ0) is 25.7. The van der Waals surface area contributed by atoms with Gasteiger partial charge in [0.05, 0.1) is 0 Å². The summed E-state index contributed by atoms with van der Waals surface area (Å²) >= 11 is 0. The summed E-state index contributed by atoms with van der Waals surface area (Å²) in [6.07, 6.45) is 13.9. The number of likely N-dealkylation sites (tertiary alicyclic amines) is 1. The van der Waals surface area contributed by atoms with E-state index in [0.29, 0.717) is 0 Å². The average Bonchev–Trinajstić information content (AvgIpc) is 2.87. The van der Waals surface area contributed by atoms with Crippen molar-refractivity contribution in [2.24, 2.45) is 5.92 Å². The van der Waals surface area contributed by atoms with Crippen LogP contribution < -0.4 is 5.32 Å². The van der Waals surface area contributed by atoms with Gasteiger partial charge in [0.15, 0.2) is 0 Å². The normalized spacial score (nSPS) is 17.6. The largest absolute Gasteiger partial charge is 0.316 e. The van der Waals surface area contributed by atoms with E-state index in [1.165, 1.54) is 76.9 Å². The zero-order valence-corrected chi connectivity index (χ0v) is 23.0. The minimum absolute atomic E-state index is 0.744. The quantitative estimate of drug-likeness (QED) is 0.425. The van der Waals surface area contributed by atoms with Crippen LogP contribution in [0.1, 0.15) is 61.9 Å². The smallest absolute Gasteiger partial charge is 0.0451 e. The molecule has 2 heterocycles. The SMILES string of the molecule is C=C(C)C1=CC=C(C2CCN(C/C(C)=C/c3c(-c4ccc(C)c(CNC)c4)ccnc3C)CC2)CC1. The number of hydrogen-bond donors (Lipinski definition) is 1. The predicted molar refractivity (Wildman–Crippen MR) is 155 cm³/mol. The van der Waals surface area contributed by atoms with Crippen molar-refractivity contribution in [3.63, 3.8) is 0 Å². The van der Waals surface area contributed by atoms with Crippen LogP contribution in [0.2, 0.25) is 0 Å². The van der Waals surface area contributed by atoms with Gasteiger partial charge < -0.3 is 5.32 Å². The lowest BCUT2D eigenvalue weighted by Crippen LogP contribution is -2.35. The molecule has 0 radical (unpaired) electrons. The first-order valence-corrected chi connectivity index (χ1v) is 13.5. The molecule has 0 spiro atoms. The number of nitrogens with zero attached hydrogens (tertiary/aromatic N) is 2. The standard InChI is InChI=1S/C33H43N3/c1-23(2)27-9-11-28(12-10-27)29-14-17-36(18-15-29)22-24(3)19-33-26(5)35-16-13-32(33)30-8-7-25(4)31(20-30)21-34-6/h7-9,11,13,16,19-20,29,34H,1,10,12,14-15,17-18,21-22H2,2-6H3/b24-19+. The van der Waals surface area contributed by atoms with Crippen LogP contribution in [-0.4, -0.2) is 36.6 Å². The summed E-state index contributed by atoms with van der Waals surface area (Å²) in [5.74, 6) is 0.744. The van der Waals surface area contributed by atoms with Crippen molar-refractivity contribution in [2.45, 2.75) is 59.9 Å². The summed E-state index contributed by atoms with van der Waals surface area (Å²) in [6.45, 7) is 17.1. The summed E-state index contributed by atoms with van der Waals surface area (Å²) in [5, 5.41) is 3.30. The van der Waals surface area contributed by atoms with Crippen LogP contribution in [-0.2, 0) is 6.54 Å². The van der Waals surface area contributed by atoms with E-state index in [0.717, 1.165) is 31.1 Å². The summed E-state index contributed by atoms with van der Waals surface area (Å²) in [7, 11) is 2.01. The number of aromatic nitrogens is 1. The molecule has 3 nitrogen and oxygen atoms in total. The lowest BCUT2D eigenvalue weighted by Gasteiger charge is -2.34. The van der Waals surface area contributed by atoms with Gasteiger partial charge in [-0.25, -0.2) is 0 Å². The van der Waals surface area contributed by atoms with Gasteiger partial charge in [0.1, 0.15) is 0 Å². The number of nitrogens with one attached hydrogen (secondary N) is 1. The van der Waals surface area contributed by atoms with Gasteiger partial charge in [0.25, 0.3) is 0 Å². The van der Waals surface area contributed by atoms with E-state index in [1.807, 2.05) is 13.2 Å². The monoisotopic (exact) mass is 481 g/mol. The molecule has 0 amide bonds. The molecule has 1 aliphatic heterocycles. The van der Waals surface area contributed by atoms with Crippen molar-refractivity contribution in [3.05, 3.63) is 93.9 Å². The van der Waals surface area contributed by atoms with Crippen LogP contribution in [0.5, 0.6) is 0 Å². The second-order valence-corrected chi connectivity index (χ2v) is 10.8. The summed E-state index contributed by atoms with van der Waals surface area (Å²) in [4.78, 5) is 7.26. The Labute approximate surface area is 218 Å². The highest BCUT2D eigenvalue weighted by Gasteiger charge is 2.23. The Morgan fingerprint density at radius 1 is 1.11 bits per heavy atom. The molecule has 1 N–H and O–H groups in total. The number of allylic oxidation sites excluding steroid dienone is 5. The van der Waals surface area contributed by atoms with Gasteiger partial charge in [0.2, 0.25) is 0 Å². The van der Waals surface area contributed by atoms with E-state index in [4.69, 9.17) is 0 Å². The van der Waals surface area contributed by atoms with Crippen LogP contribution in [0.4, 0.5) is 0 Å². The second kappa shape index (κ2) is 12.0. The molecule has 2 aliphatic rings. The zero-order valence-electron chi connectivity index (χ0n) is 23.0. The maximum atomic E-state index is 4.63. The molecule has 4 rings (SSSR count). The lowest BCUT2D eigenvalue weighted by atomic mass is 9.82. The number of benzene rings is 1. The number of pyridine rings is 1. The molecule has 1 fully saturated rings. The molecule has 190 valence electrons. The molecule has 0 unspecified atom stereocenters. The number of piperidine rings is 1. The molecule has 1 saturated heterocycles. The van der Waals surface area contributed by atoms with Gasteiger partial charge in [0, 0.05) is 30.5 Å². The Kier molecular flexibility index (Phi) is 8.77. The molecule has 1 aromatic heterocycles.